The third-order valence-corrected chi connectivity index (χ3v) is 5.39. The van der Waals surface area contributed by atoms with E-state index in [0.717, 1.165) is 41.3 Å². The zero-order valence-electron chi connectivity index (χ0n) is 17.7. The van der Waals surface area contributed by atoms with E-state index in [2.05, 4.69) is 57.2 Å². The lowest BCUT2D eigenvalue weighted by Gasteiger charge is -2.21. The first-order valence-electron chi connectivity index (χ1n) is 10.7. The highest BCUT2D eigenvalue weighted by molar-refractivity contribution is 14.1. The molecule has 0 saturated heterocycles. The van der Waals surface area contributed by atoms with Crippen LogP contribution in [0.5, 0.6) is 0 Å². The molecule has 0 radical (unpaired) electrons. The van der Waals surface area contributed by atoms with Crippen LogP contribution >= 0.6 is 22.6 Å². The van der Waals surface area contributed by atoms with E-state index >= 15 is 0 Å². The van der Waals surface area contributed by atoms with E-state index in [-0.39, 0.29) is 0 Å². The summed E-state index contributed by atoms with van der Waals surface area (Å²) in [7, 11) is 0. The van der Waals surface area contributed by atoms with E-state index in [0.29, 0.717) is 6.79 Å². The molecule has 2 nitrogen and oxygen atoms in total. The van der Waals surface area contributed by atoms with Crippen LogP contribution < -0.4 is 0 Å². The summed E-state index contributed by atoms with van der Waals surface area (Å²) >= 11 is 2.55. The number of hydrogen-bond acceptors (Lipinski definition) is 2. The molecule has 4 unspecified atom stereocenters. The van der Waals surface area contributed by atoms with Crippen LogP contribution in [0.25, 0.3) is 0 Å². The van der Waals surface area contributed by atoms with Gasteiger partial charge in [-0.1, -0.05) is 82.9 Å². The number of hydrogen-bond donors (Lipinski definition) is 0. The van der Waals surface area contributed by atoms with E-state index in [9.17, 15) is 0 Å². The van der Waals surface area contributed by atoms with Gasteiger partial charge in [-0.15, -0.1) is 0 Å². The molecule has 0 aromatic rings. The number of rotatable bonds is 18. The second kappa shape index (κ2) is 18.0. The highest BCUT2D eigenvalue weighted by atomic mass is 127. The molecule has 0 aromatic heterocycles. The van der Waals surface area contributed by atoms with Crippen molar-refractivity contribution in [1.82, 2.24) is 0 Å². The van der Waals surface area contributed by atoms with Crippen LogP contribution in [0.3, 0.4) is 0 Å². The molecule has 0 aliphatic heterocycles. The van der Waals surface area contributed by atoms with Gasteiger partial charge in [0.25, 0.3) is 0 Å². The van der Waals surface area contributed by atoms with Gasteiger partial charge in [-0.25, -0.2) is 0 Å². The largest absolute Gasteiger partial charge is 0.355 e. The van der Waals surface area contributed by atoms with Gasteiger partial charge in [0, 0.05) is 17.1 Å². The molecule has 0 heterocycles. The van der Waals surface area contributed by atoms with Gasteiger partial charge in [0.2, 0.25) is 0 Å². The standard InChI is InChI=1S/C22H45IO2/c1-6-7-8-9-10-13-24-18-25-14-11-12-19(2)15-20(3)16-21(4)17-22(5)23/h19-22H,6-18H2,1-5H3. The summed E-state index contributed by atoms with van der Waals surface area (Å²) in [6.07, 6.45) is 13.0. The lowest BCUT2D eigenvalue weighted by Crippen LogP contribution is -2.11. The molecule has 0 rings (SSSR count). The Kier molecular flexibility index (Phi) is 18.5. The Balaban J connectivity index is 3.41. The summed E-state index contributed by atoms with van der Waals surface area (Å²) in [5, 5.41) is 0. The smallest absolute Gasteiger partial charge is 0.146 e. The van der Waals surface area contributed by atoms with Gasteiger partial charge < -0.3 is 9.47 Å². The van der Waals surface area contributed by atoms with Crippen LogP contribution in [0.2, 0.25) is 0 Å². The minimum Gasteiger partial charge on any atom is -0.355 e. The Morgan fingerprint density at radius 2 is 1.24 bits per heavy atom. The van der Waals surface area contributed by atoms with Gasteiger partial charge in [0.05, 0.1) is 0 Å². The van der Waals surface area contributed by atoms with E-state index in [1.807, 2.05) is 0 Å². The van der Waals surface area contributed by atoms with Crippen LogP contribution in [0.1, 0.15) is 98.8 Å². The Morgan fingerprint density at radius 3 is 1.88 bits per heavy atom. The van der Waals surface area contributed by atoms with Crippen molar-refractivity contribution >= 4 is 22.6 Å². The molecule has 0 fully saturated rings. The minimum absolute atomic E-state index is 0.477. The molecule has 152 valence electrons. The molecule has 0 spiro atoms. The molecule has 4 atom stereocenters. The minimum atomic E-state index is 0.477. The maximum absolute atomic E-state index is 5.60. The van der Waals surface area contributed by atoms with Crippen LogP contribution in [0, 0.1) is 17.8 Å². The first-order valence-corrected chi connectivity index (χ1v) is 12.0. The molecular weight excluding hydrogens is 423 g/mol. The van der Waals surface area contributed by atoms with Gasteiger partial charge in [-0.2, -0.15) is 0 Å². The van der Waals surface area contributed by atoms with Crippen molar-refractivity contribution in [3.63, 3.8) is 0 Å². The molecule has 25 heavy (non-hydrogen) atoms. The van der Waals surface area contributed by atoms with Crippen molar-refractivity contribution in [1.29, 1.82) is 0 Å². The highest BCUT2D eigenvalue weighted by Crippen LogP contribution is 2.25. The van der Waals surface area contributed by atoms with Gasteiger partial charge >= 0.3 is 0 Å². The van der Waals surface area contributed by atoms with E-state index in [1.54, 1.807) is 0 Å². The molecule has 0 aliphatic rings. The molecule has 0 aromatic carbocycles. The normalized spacial score (nSPS) is 16.6. The summed E-state index contributed by atoms with van der Waals surface area (Å²) in [5.74, 6) is 2.51. The number of ether oxygens (including phenoxy) is 2. The van der Waals surface area contributed by atoms with Crippen LogP contribution in [0.4, 0.5) is 0 Å². The van der Waals surface area contributed by atoms with E-state index < -0.39 is 0 Å². The highest BCUT2D eigenvalue weighted by Gasteiger charge is 2.13. The van der Waals surface area contributed by atoms with Gasteiger partial charge in [0.15, 0.2) is 0 Å². The first-order chi connectivity index (χ1) is 12.0. The summed E-state index contributed by atoms with van der Waals surface area (Å²) in [6, 6.07) is 0. The summed E-state index contributed by atoms with van der Waals surface area (Å²) in [6.45, 7) is 14.0. The topological polar surface area (TPSA) is 18.5 Å². The fourth-order valence-electron chi connectivity index (χ4n) is 3.76. The van der Waals surface area contributed by atoms with Gasteiger partial charge in [0.1, 0.15) is 6.79 Å². The maximum atomic E-state index is 5.60. The predicted molar refractivity (Wildman–Crippen MR) is 120 cm³/mol. The average molecular weight is 469 g/mol. The third-order valence-electron chi connectivity index (χ3n) is 4.88. The molecule has 0 bridgehead atoms. The Bertz CT molecular complexity index is 271. The second-order valence-corrected chi connectivity index (χ2v) is 10.4. The predicted octanol–water partition coefficient (Wildman–Crippen LogP) is 7.63. The van der Waals surface area contributed by atoms with E-state index in [1.165, 1.54) is 57.8 Å². The maximum Gasteiger partial charge on any atom is 0.146 e. The van der Waals surface area contributed by atoms with Crippen molar-refractivity contribution < 1.29 is 9.47 Å². The summed E-state index contributed by atoms with van der Waals surface area (Å²) < 4.78 is 11.9. The van der Waals surface area contributed by atoms with Crippen LogP contribution in [-0.4, -0.2) is 23.9 Å². The second-order valence-electron chi connectivity index (χ2n) is 8.29. The van der Waals surface area contributed by atoms with Crippen molar-refractivity contribution in [2.45, 2.75) is 103 Å². The molecule has 0 aliphatic carbocycles. The van der Waals surface area contributed by atoms with Crippen molar-refractivity contribution in [2.75, 3.05) is 20.0 Å². The van der Waals surface area contributed by atoms with Gasteiger partial charge in [-0.05, 0) is 56.3 Å². The van der Waals surface area contributed by atoms with Crippen molar-refractivity contribution in [2.24, 2.45) is 17.8 Å². The zero-order valence-corrected chi connectivity index (χ0v) is 19.9. The average Bonchev–Trinajstić information content (AvgIpc) is 2.51. The lowest BCUT2D eigenvalue weighted by molar-refractivity contribution is -0.0561. The molecular formula is C22H45IO2. The fraction of sp³-hybridized carbons (Fsp3) is 1.00. The fourth-order valence-corrected chi connectivity index (χ4v) is 4.62. The van der Waals surface area contributed by atoms with Crippen LogP contribution in [0.15, 0.2) is 0 Å². The third kappa shape index (κ3) is 19.2. The zero-order chi connectivity index (χ0) is 18.9. The van der Waals surface area contributed by atoms with E-state index in [4.69, 9.17) is 9.47 Å². The number of halogens is 1. The Hall–Kier alpha value is 0.650. The van der Waals surface area contributed by atoms with Crippen molar-refractivity contribution in [3.05, 3.63) is 0 Å². The monoisotopic (exact) mass is 468 g/mol. The number of alkyl halides is 1. The Morgan fingerprint density at radius 1 is 0.680 bits per heavy atom. The Labute approximate surface area is 172 Å². The molecule has 3 heteroatoms. The molecule has 0 amide bonds. The quantitative estimate of drug-likeness (QED) is 0.0891. The van der Waals surface area contributed by atoms with Gasteiger partial charge in [-0.3, -0.25) is 0 Å². The van der Waals surface area contributed by atoms with Crippen molar-refractivity contribution in [3.8, 4) is 0 Å². The summed E-state index contributed by atoms with van der Waals surface area (Å²) in [5.41, 5.74) is 0. The van der Waals surface area contributed by atoms with Crippen LogP contribution in [-0.2, 0) is 9.47 Å². The number of unbranched alkanes of at least 4 members (excludes halogenated alkanes) is 4. The molecule has 0 saturated carbocycles. The lowest BCUT2D eigenvalue weighted by atomic mass is 9.86. The summed E-state index contributed by atoms with van der Waals surface area (Å²) in [4.78, 5) is 0. The first kappa shape index (κ1) is 25.6. The molecule has 0 N–H and O–H groups in total. The SMILES string of the molecule is CCCCCCCOCOCCCC(C)CC(C)CC(C)CC(C)I.